The standard InChI is InChI=1S/C15H11F3N2O2S/c16-15(17,18)13-7-12(19-22-13)10-5-6-11(14(21)20-23)9-4-2-1-3-8(9)10/h1-6,13,23H,7H2,(H,20,21)/t13-/m0/s1. The van der Waals surface area contributed by atoms with Crippen molar-refractivity contribution in [3.63, 3.8) is 0 Å². The number of alkyl halides is 3. The third-order valence-corrected chi connectivity index (χ3v) is 3.82. The highest BCUT2D eigenvalue weighted by Crippen LogP contribution is 2.33. The van der Waals surface area contributed by atoms with Crippen LogP contribution in [0.5, 0.6) is 0 Å². The first-order valence-corrected chi connectivity index (χ1v) is 7.12. The van der Waals surface area contributed by atoms with Crippen LogP contribution in [0.2, 0.25) is 0 Å². The lowest BCUT2D eigenvalue weighted by atomic mass is 9.94. The summed E-state index contributed by atoms with van der Waals surface area (Å²) in [5, 5.41) is 4.82. The van der Waals surface area contributed by atoms with Gasteiger partial charge in [-0.3, -0.25) is 9.52 Å². The fourth-order valence-electron chi connectivity index (χ4n) is 2.52. The van der Waals surface area contributed by atoms with E-state index in [1.807, 2.05) is 0 Å². The average molecular weight is 340 g/mol. The molecule has 4 nitrogen and oxygen atoms in total. The monoisotopic (exact) mass is 340 g/mol. The van der Waals surface area contributed by atoms with Gasteiger partial charge in [0, 0.05) is 17.5 Å². The molecule has 1 aliphatic heterocycles. The number of carbonyl (C=O) groups is 1. The number of nitrogens with one attached hydrogen (secondary N) is 1. The van der Waals surface area contributed by atoms with E-state index in [0.29, 0.717) is 21.9 Å². The van der Waals surface area contributed by atoms with Gasteiger partial charge in [-0.1, -0.05) is 48.3 Å². The van der Waals surface area contributed by atoms with Crippen molar-refractivity contribution in [1.29, 1.82) is 0 Å². The van der Waals surface area contributed by atoms with Crippen molar-refractivity contribution in [1.82, 2.24) is 4.72 Å². The normalized spacial score (nSPS) is 17.7. The van der Waals surface area contributed by atoms with Crippen molar-refractivity contribution in [3.8, 4) is 0 Å². The van der Waals surface area contributed by atoms with Crippen LogP contribution in [0.3, 0.4) is 0 Å². The number of nitrogens with zero attached hydrogens (tertiary/aromatic N) is 1. The van der Waals surface area contributed by atoms with Crippen molar-refractivity contribution in [2.24, 2.45) is 5.16 Å². The Balaban J connectivity index is 2.06. The summed E-state index contributed by atoms with van der Waals surface area (Å²) in [5.41, 5.74) is 1.11. The number of rotatable bonds is 2. The van der Waals surface area contributed by atoms with Gasteiger partial charge >= 0.3 is 6.18 Å². The van der Waals surface area contributed by atoms with Gasteiger partial charge in [0.2, 0.25) is 6.10 Å². The fraction of sp³-hybridized carbons (Fsp3) is 0.200. The Morgan fingerprint density at radius 3 is 2.52 bits per heavy atom. The Hall–Kier alpha value is -2.22. The molecule has 0 spiro atoms. The van der Waals surface area contributed by atoms with Crippen LogP contribution in [-0.2, 0) is 4.84 Å². The minimum Gasteiger partial charge on any atom is -0.382 e. The Morgan fingerprint density at radius 1 is 1.22 bits per heavy atom. The number of thiol groups is 1. The van der Waals surface area contributed by atoms with Crippen LogP contribution in [0.1, 0.15) is 22.3 Å². The predicted octanol–water partition coefficient (Wildman–Crippen LogP) is 3.47. The maximum atomic E-state index is 12.7. The molecule has 0 fully saturated rings. The van der Waals surface area contributed by atoms with E-state index in [0.717, 1.165) is 0 Å². The second-order valence-corrected chi connectivity index (χ2v) is 5.25. The molecule has 8 heteroatoms. The Kier molecular flexibility index (Phi) is 3.93. The van der Waals surface area contributed by atoms with Gasteiger partial charge in [-0.15, -0.1) is 0 Å². The van der Waals surface area contributed by atoms with E-state index in [4.69, 9.17) is 0 Å². The highest BCUT2D eigenvalue weighted by molar-refractivity contribution is 7.78. The zero-order valence-electron chi connectivity index (χ0n) is 11.6. The molecule has 23 heavy (non-hydrogen) atoms. The van der Waals surface area contributed by atoms with Crippen LogP contribution in [0.25, 0.3) is 10.8 Å². The summed E-state index contributed by atoms with van der Waals surface area (Å²) in [4.78, 5) is 16.4. The van der Waals surface area contributed by atoms with Gasteiger partial charge in [0.15, 0.2) is 0 Å². The van der Waals surface area contributed by atoms with Crippen molar-refractivity contribution in [3.05, 3.63) is 47.5 Å². The smallest absolute Gasteiger partial charge is 0.382 e. The van der Waals surface area contributed by atoms with E-state index in [1.165, 1.54) is 6.07 Å². The van der Waals surface area contributed by atoms with Gasteiger partial charge in [-0.25, -0.2) is 0 Å². The van der Waals surface area contributed by atoms with Crippen LogP contribution in [0, 0.1) is 0 Å². The molecule has 1 N–H and O–H groups in total. The molecule has 1 heterocycles. The minimum atomic E-state index is -4.47. The zero-order valence-corrected chi connectivity index (χ0v) is 12.5. The number of carbonyl (C=O) groups excluding carboxylic acids is 1. The number of hydrogen-bond acceptors (Lipinski definition) is 4. The molecule has 0 unspecified atom stereocenters. The molecule has 0 bridgehead atoms. The largest absolute Gasteiger partial charge is 0.428 e. The summed E-state index contributed by atoms with van der Waals surface area (Å²) in [6.07, 6.45) is -6.75. The summed E-state index contributed by atoms with van der Waals surface area (Å²) in [7, 11) is 0. The Bertz CT molecular complexity index is 805. The molecule has 120 valence electrons. The third-order valence-electron chi connectivity index (χ3n) is 3.62. The SMILES string of the molecule is O=C(NS)c1ccc(C2=NO[C@H](C(F)(F)F)C2)c2ccccc12. The summed E-state index contributed by atoms with van der Waals surface area (Å²) in [6, 6.07) is 10.0. The van der Waals surface area contributed by atoms with Crippen molar-refractivity contribution >= 4 is 35.2 Å². The van der Waals surface area contributed by atoms with Crippen LogP contribution in [0.4, 0.5) is 13.2 Å². The summed E-state index contributed by atoms with van der Waals surface area (Å²) in [5.74, 6) is -0.395. The van der Waals surface area contributed by atoms with E-state index in [2.05, 4.69) is 27.5 Å². The average Bonchev–Trinajstić information content (AvgIpc) is 3.03. The van der Waals surface area contributed by atoms with Crippen molar-refractivity contribution in [2.45, 2.75) is 18.7 Å². The van der Waals surface area contributed by atoms with Gasteiger partial charge in [-0.2, -0.15) is 13.2 Å². The number of oxime groups is 1. The fourth-order valence-corrected chi connectivity index (χ4v) is 2.64. The van der Waals surface area contributed by atoms with Crippen molar-refractivity contribution in [2.75, 3.05) is 0 Å². The molecule has 2 aromatic rings. The summed E-state index contributed by atoms with van der Waals surface area (Å²) >= 11 is 3.74. The first kappa shape index (κ1) is 15.7. The molecule has 0 saturated heterocycles. The highest BCUT2D eigenvalue weighted by atomic mass is 32.1. The molecule has 2 aromatic carbocycles. The van der Waals surface area contributed by atoms with Gasteiger partial charge in [-0.05, 0) is 16.8 Å². The second kappa shape index (κ2) is 5.77. The van der Waals surface area contributed by atoms with E-state index in [1.54, 1.807) is 30.3 Å². The van der Waals surface area contributed by atoms with Crippen LogP contribution < -0.4 is 4.72 Å². The second-order valence-electron chi connectivity index (χ2n) is 5.02. The Labute approximate surface area is 134 Å². The van der Waals surface area contributed by atoms with Gasteiger partial charge in [0.25, 0.3) is 5.91 Å². The summed E-state index contributed by atoms with van der Waals surface area (Å²) < 4.78 is 40.4. The minimum absolute atomic E-state index is 0.210. The van der Waals surface area contributed by atoms with E-state index >= 15 is 0 Å². The molecule has 1 amide bonds. The van der Waals surface area contributed by atoms with Crippen LogP contribution in [-0.4, -0.2) is 23.9 Å². The molecule has 0 aromatic heterocycles. The van der Waals surface area contributed by atoms with Gasteiger partial charge in [0.1, 0.15) is 0 Å². The van der Waals surface area contributed by atoms with Gasteiger partial charge < -0.3 is 4.84 Å². The molecule has 0 radical (unpaired) electrons. The predicted molar refractivity (Wildman–Crippen MR) is 82.5 cm³/mol. The zero-order chi connectivity index (χ0) is 16.6. The van der Waals surface area contributed by atoms with Crippen LogP contribution >= 0.6 is 12.8 Å². The molecule has 3 rings (SSSR count). The maximum Gasteiger partial charge on any atom is 0.428 e. The first-order chi connectivity index (χ1) is 10.9. The highest BCUT2D eigenvalue weighted by Gasteiger charge is 2.45. The quantitative estimate of drug-likeness (QED) is 0.823. The summed E-state index contributed by atoms with van der Waals surface area (Å²) in [6.45, 7) is 0. The Morgan fingerprint density at radius 2 is 1.91 bits per heavy atom. The molecule has 0 aliphatic carbocycles. The molecule has 0 saturated carbocycles. The number of benzene rings is 2. The lowest BCUT2D eigenvalue weighted by Crippen LogP contribution is -2.28. The number of hydrogen-bond donors (Lipinski definition) is 2. The van der Waals surface area contributed by atoms with Crippen molar-refractivity contribution < 1.29 is 22.8 Å². The number of fused-ring (bicyclic) bond motifs is 1. The lowest BCUT2D eigenvalue weighted by Gasteiger charge is -2.12. The number of halogens is 3. The first-order valence-electron chi connectivity index (χ1n) is 6.68. The molecular weight excluding hydrogens is 329 g/mol. The van der Waals surface area contributed by atoms with Gasteiger partial charge in [0.05, 0.1) is 5.71 Å². The van der Waals surface area contributed by atoms with E-state index in [-0.39, 0.29) is 12.1 Å². The molecule has 1 atom stereocenters. The van der Waals surface area contributed by atoms with E-state index in [9.17, 15) is 18.0 Å². The maximum absolute atomic E-state index is 12.7. The molecular formula is C15H11F3N2O2S. The van der Waals surface area contributed by atoms with E-state index < -0.39 is 18.2 Å². The third kappa shape index (κ3) is 2.86. The molecule has 1 aliphatic rings. The number of amides is 1. The lowest BCUT2D eigenvalue weighted by molar-refractivity contribution is -0.212. The van der Waals surface area contributed by atoms with Crippen LogP contribution in [0.15, 0.2) is 41.6 Å². The topological polar surface area (TPSA) is 50.7 Å².